The van der Waals surface area contributed by atoms with Crippen molar-refractivity contribution in [2.24, 2.45) is 5.73 Å². The molecule has 16 heavy (non-hydrogen) atoms. The summed E-state index contributed by atoms with van der Waals surface area (Å²) in [6.07, 6.45) is 5.45. The van der Waals surface area contributed by atoms with Gasteiger partial charge in [0.15, 0.2) is 0 Å². The van der Waals surface area contributed by atoms with Crippen LogP contribution in [-0.2, 0) is 5.54 Å². The average molecular weight is 219 g/mol. The highest BCUT2D eigenvalue weighted by Crippen LogP contribution is 2.41. The lowest BCUT2D eigenvalue weighted by Crippen LogP contribution is -2.34. The zero-order valence-electron chi connectivity index (χ0n) is 9.00. The first-order chi connectivity index (χ1) is 7.71. The predicted octanol–water partition coefficient (Wildman–Crippen LogP) is 3.30. The van der Waals surface area contributed by atoms with Crippen molar-refractivity contribution in [1.82, 2.24) is 0 Å². The highest BCUT2D eigenvalue weighted by molar-refractivity contribution is 5.82. The number of benzene rings is 1. The van der Waals surface area contributed by atoms with E-state index in [1.807, 2.05) is 0 Å². The summed E-state index contributed by atoms with van der Waals surface area (Å²) in [5.41, 5.74) is 7.17. The van der Waals surface area contributed by atoms with E-state index < -0.39 is 5.54 Å². The quantitative estimate of drug-likeness (QED) is 0.799. The number of halogens is 1. The minimum Gasteiger partial charge on any atom is -0.464 e. The highest BCUT2D eigenvalue weighted by Gasteiger charge is 2.35. The highest BCUT2D eigenvalue weighted by atomic mass is 19.1. The summed E-state index contributed by atoms with van der Waals surface area (Å²) in [6.45, 7) is 0. The summed E-state index contributed by atoms with van der Waals surface area (Å²) in [6, 6.07) is 4.92. The summed E-state index contributed by atoms with van der Waals surface area (Å²) in [5, 5.41) is 0.824. The molecule has 1 fully saturated rings. The zero-order valence-corrected chi connectivity index (χ0v) is 9.00. The predicted molar refractivity (Wildman–Crippen MR) is 60.5 cm³/mol. The summed E-state index contributed by atoms with van der Waals surface area (Å²) < 4.78 is 19.3. The largest absolute Gasteiger partial charge is 0.464 e. The monoisotopic (exact) mass is 219 g/mol. The number of rotatable bonds is 1. The van der Waals surface area contributed by atoms with Gasteiger partial charge in [0.25, 0.3) is 0 Å². The lowest BCUT2D eigenvalue weighted by Gasteiger charge is -2.25. The van der Waals surface area contributed by atoms with Crippen molar-refractivity contribution in [1.29, 1.82) is 0 Å². The van der Waals surface area contributed by atoms with Crippen LogP contribution in [0.4, 0.5) is 4.39 Å². The van der Waals surface area contributed by atoms with E-state index in [-0.39, 0.29) is 5.82 Å². The van der Waals surface area contributed by atoms with Gasteiger partial charge in [-0.1, -0.05) is 12.8 Å². The van der Waals surface area contributed by atoms with Gasteiger partial charge >= 0.3 is 0 Å². The molecule has 0 aliphatic heterocycles. The van der Waals surface area contributed by atoms with E-state index in [1.54, 1.807) is 18.4 Å². The number of fused-ring (bicyclic) bond motifs is 1. The van der Waals surface area contributed by atoms with Gasteiger partial charge in [-0.05, 0) is 31.0 Å². The van der Waals surface area contributed by atoms with Crippen LogP contribution in [-0.4, -0.2) is 0 Å². The molecule has 1 aromatic heterocycles. The van der Waals surface area contributed by atoms with E-state index in [4.69, 9.17) is 10.2 Å². The molecule has 0 saturated heterocycles. The molecule has 84 valence electrons. The molecular weight excluding hydrogens is 205 g/mol. The molecule has 0 radical (unpaired) electrons. The minimum absolute atomic E-state index is 0.210. The van der Waals surface area contributed by atoms with Crippen LogP contribution in [0.25, 0.3) is 11.0 Å². The lowest BCUT2D eigenvalue weighted by atomic mass is 9.87. The maximum absolute atomic E-state index is 14.0. The van der Waals surface area contributed by atoms with Crippen LogP contribution < -0.4 is 5.73 Å². The van der Waals surface area contributed by atoms with E-state index in [9.17, 15) is 4.39 Å². The topological polar surface area (TPSA) is 39.2 Å². The molecule has 0 unspecified atom stereocenters. The van der Waals surface area contributed by atoms with Crippen LogP contribution in [0.5, 0.6) is 0 Å². The number of hydrogen-bond acceptors (Lipinski definition) is 2. The zero-order chi connectivity index (χ0) is 11.2. The smallest absolute Gasteiger partial charge is 0.134 e. The summed E-state index contributed by atoms with van der Waals surface area (Å²) in [7, 11) is 0. The van der Waals surface area contributed by atoms with Crippen molar-refractivity contribution in [3.05, 3.63) is 35.8 Å². The Morgan fingerprint density at radius 1 is 1.19 bits per heavy atom. The van der Waals surface area contributed by atoms with Gasteiger partial charge in [-0.15, -0.1) is 0 Å². The average Bonchev–Trinajstić information content (AvgIpc) is 2.86. The standard InChI is InChI=1S/C13H14FNO/c14-10-3-4-11-9(5-8-16-11)12(10)13(15)6-1-2-7-13/h3-5,8H,1-2,6-7,15H2. The third kappa shape index (κ3) is 1.28. The van der Waals surface area contributed by atoms with Crippen molar-refractivity contribution in [3.8, 4) is 0 Å². The van der Waals surface area contributed by atoms with Crippen molar-refractivity contribution in [2.75, 3.05) is 0 Å². The van der Waals surface area contributed by atoms with Crippen LogP contribution in [0.1, 0.15) is 31.2 Å². The van der Waals surface area contributed by atoms with E-state index in [0.717, 1.165) is 31.1 Å². The summed E-state index contributed by atoms with van der Waals surface area (Å²) in [5.74, 6) is -0.210. The molecule has 3 rings (SSSR count). The van der Waals surface area contributed by atoms with Gasteiger partial charge in [0.2, 0.25) is 0 Å². The fourth-order valence-electron chi connectivity index (χ4n) is 2.78. The number of nitrogens with two attached hydrogens (primary N) is 1. The molecule has 0 atom stereocenters. The molecule has 0 bridgehead atoms. The van der Waals surface area contributed by atoms with Gasteiger partial charge in [-0.2, -0.15) is 0 Å². The minimum atomic E-state index is -0.506. The van der Waals surface area contributed by atoms with Crippen LogP contribution >= 0.6 is 0 Å². The second-order valence-electron chi connectivity index (χ2n) is 4.62. The first kappa shape index (κ1) is 9.85. The molecule has 2 N–H and O–H groups in total. The van der Waals surface area contributed by atoms with E-state index >= 15 is 0 Å². The second kappa shape index (κ2) is 3.32. The van der Waals surface area contributed by atoms with Gasteiger partial charge in [0, 0.05) is 16.5 Å². The van der Waals surface area contributed by atoms with Gasteiger partial charge < -0.3 is 10.2 Å². The molecule has 1 aliphatic rings. The first-order valence-electron chi connectivity index (χ1n) is 5.66. The fraction of sp³-hybridized carbons (Fsp3) is 0.385. The molecule has 1 heterocycles. The second-order valence-corrected chi connectivity index (χ2v) is 4.62. The van der Waals surface area contributed by atoms with Crippen molar-refractivity contribution >= 4 is 11.0 Å². The molecule has 0 spiro atoms. The maximum Gasteiger partial charge on any atom is 0.134 e. The van der Waals surface area contributed by atoms with Crippen LogP contribution in [0.15, 0.2) is 28.9 Å². The Morgan fingerprint density at radius 2 is 1.94 bits per heavy atom. The van der Waals surface area contributed by atoms with Crippen LogP contribution in [0.2, 0.25) is 0 Å². The first-order valence-corrected chi connectivity index (χ1v) is 5.66. The van der Waals surface area contributed by atoms with Gasteiger partial charge in [0.1, 0.15) is 11.4 Å². The number of hydrogen-bond donors (Lipinski definition) is 1. The molecule has 1 aromatic carbocycles. The van der Waals surface area contributed by atoms with Crippen LogP contribution in [0, 0.1) is 5.82 Å². The normalized spacial score (nSPS) is 19.4. The van der Waals surface area contributed by atoms with Crippen molar-refractivity contribution in [3.63, 3.8) is 0 Å². The van der Waals surface area contributed by atoms with E-state index in [2.05, 4.69) is 0 Å². The Kier molecular flexibility index (Phi) is 2.04. The van der Waals surface area contributed by atoms with Gasteiger partial charge in [-0.25, -0.2) is 4.39 Å². The Hall–Kier alpha value is -1.35. The van der Waals surface area contributed by atoms with E-state index in [1.165, 1.54) is 6.07 Å². The van der Waals surface area contributed by atoms with Crippen LogP contribution in [0.3, 0.4) is 0 Å². The van der Waals surface area contributed by atoms with Crippen molar-refractivity contribution < 1.29 is 8.81 Å². The molecule has 2 aromatic rings. The van der Waals surface area contributed by atoms with Crippen molar-refractivity contribution in [2.45, 2.75) is 31.2 Å². The molecule has 2 nitrogen and oxygen atoms in total. The van der Waals surface area contributed by atoms with E-state index in [0.29, 0.717) is 11.1 Å². The summed E-state index contributed by atoms with van der Waals surface area (Å²) >= 11 is 0. The third-order valence-corrected chi connectivity index (χ3v) is 3.58. The molecule has 3 heteroatoms. The molecular formula is C13H14FNO. The number of furan rings is 1. The SMILES string of the molecule is NC1(c2c(F)ccc3occc23)CCCC1. The van der Waals surface area contributed by atoms with Gasteiger partial charge in [-0.3, -0.25) is 0 Å². The maximum atomic E-state index is 14.0. The fourth-order valence-corrected chi connectivity index (χ4v) is 2.78. The Morgan fingerprint density at radius 3 is 2.69 bits per heavy atom. The Balaban J connectivity index is 2.28. The molecule has 1 saturated carbocycles. The van der Waals surface area contributed by atoms with Gasteiger partial charge in [0.05, 0.1) is 6.26 Å². The lowest BCUT2D eigenvalue weighted by molar-refractivity contribution is 0.437. The molecule has 0 amide bonds. The Labute approximate surface area is 93.2 Å². The third-order valence-electron chi connectivity index (χ3n) is 3.58. The Bertz CT molecular complexity index is 526. The molecule has 1 aliphatic carbocycles. The summed E-state index contributed by atoms with van der Waals surface area (Å²) in [4.78, 5) is 0.